The summed E-state index contributed by atoms with van der Waals surface area (Å²) in [7, 11) is 1.56. The third kappa shape index (κ3) is 7.64. The fourth-order valence-corrected chi connectivity index (χ4v) is 4.91. The number of aryl methyl sites for hydroxylation is 2. The summed E-state index contributed by atoms with van der Waals surface area (Å²) >= 11 is 1.21. The summed E-state index contributed by atoms with van der Waals surface area (Å²) in [4.78, 5) is 37.9. The molecule has 0 aliphatic carbocycles. The number of carbonyl (C=O) groups is 2. The molecule has 0 aliphatic heterocycles. The Balaban J connectivity index is 1.67. The maximum Gasteiger partial charge on any atom is 0.251 e. The second-order valence-corrected chi connectivity index (χ2v) is 9.84. The van der Waals surface area contributed by atoms with Gasteiger partial charge in [-0.05, 0) is 67.4 Å². The summed E-state index contributed by atoms with van der Waals surface area (Å²) in [5.74, 6) is -0.482. The first-order valence-electron chi connectivity index (χ1n) is 12.3. The Bertz CT molecular complexity index is 1400. The largest absolute Gasteiger partial charge is 0.497 e. The predicted molar refractivity (Wildman–Crippen MR) is 150 cm³/mol. The van der Waals surface area contributed by atoms with Crippen molar-refractivity contribution in [2.75, 3.05) is 18.2 Å². The molecule has 0 unspecified atom stereocenters. The molecule has 0 saturated carbocycles. The zero-order valence-electron chi connectivity index (χ0n) is 21.9. The summed E-state index contributed by atoms with van der Waals surface area (Å²) in [6, 6.07) is 22.8. The van der Waals surface area contributed by atoms with Gasteiger partial charge in [0.1, 0.15) is 17.6 Å². The Morgan fingerprint density at radius 1 is 0.949 bits per heavy atom. The highest BCUT2D eigenvalue weighted by molar-refractivity contribution is 7.99. The molecule has 0 fully saturated rings. The zero-order valence-corrected chi connectivity index (χ0v) is 22.7. The number of halogens is 1. The van der Waals surface area contributed by atoms with Crippen molar-refractivity contribution in [1.82, 2.24) is 14.9 Å². The number of thioether (sulfide) groups is 1. The number of methoxy groups -OCH3 is 1. The van der Waals surface area contributed by atoms with Crippen molar-refractivity contribution in [3.63, 3.8) is 0 Å². The average Bonchev–Trinajstić information content (AvgIpc) is 2.93. The summed E-state index contributed by atoms with van der Waals surface area (Å²) in [5.41, 5.74) is 3.49. The molecule has 0 radical (unpaired) electrons. The van der Waals surface area contributed by atoms with Crippen LogP contribution in [0.1, 0.15) is 28.6 Å². The number of carbonyl (C=O) groups excluding carboxylic acids is 2. The number of rotatable bonds is 10. The van der Waals surface area contributed by atoms with Crippen molar-refractivity contribution in [3.05, 3.63) is 113 Å². The van der Waals surface area contributed by atoms with Gasteiger partial charge in [-0.25, -0.2) is 14.4 Å². The highest BCUT2D eigenvalue weighted by Crippen LogP contribution is 2.28. The van der Waals surface area contributed by atoms with E-state index < -0.39 is 17.8 Å². The summed E-state index contributed by atoms with van der Waals surface area (Å²) in [6.45, 7) is 3.92. The third-order valence-electron chi connectivity index (χ3n) is 5.91. The van der Waals surface area contributed by atoms with Crippen LogP contribution in [0.5, 0.6) is 5.75 Å². The standard InChI is InChI=1S/C30H29FN4O3S/c1-20-17-21(2)33-30(32-20)39-19-27(36)35(18-22-7-5-4-6-8-22)28(23-9-11-24(31)12-10-23)29(37)34-25-13-15-26(38-3)16-14-25/h4-17,28H,18-19H2,1-3H3,(H,34,37)/t28-/m1/s1. The van der Waals surface area contributed by atoms with Gasteiger partial charge in [-0.15, -0.1) is 0 Å². The summed E-state index contributed by atoms with van der Waals surface area (Å²) in [6.07, 6.45) is 0. The number of ether oxygens (including phenoxy) is 1. The highest BCUT2D eigenvalue weighted by atomic mass is 32.2. The van der Waals surface area contributed by atoms with Crippen LogP contribution >= 0.6 is 11.8 Å². The van der Waals surface area contributed by atoms with Crippen LogP contribution in [-0.2, 0) is 16.1 Å². The minimum absolute atomic E-state index is 0.0171. The van der Waals surface area contributed by atoms with E-state index in [9.17, 15) is 14.0 Å². The molecule has 0 bridgehead atoms. The van der Waals surface area contributed by atoms with Gasteiger partial charge < -0.3 is 15.0 Å². The minimum atomic E-state index is -1.03. The lowest BCUT2D eigenvalue weighted by Crippen LogP contribution is -2.41. The van der Waals surface area contributed by atoms with Crippen molar-refractivity contribution >= 4 is 29.3 Å². The molecule has 0 spiro atoms. The van der Waals surface area contributed by atoms with Crippen LogP contribution in [0.3, 0.4) is 0 Å². The second kappa shape index (κ2) is 13.0. The van der Waals surface area contributed by atoms with Gasteiger partial charge in [0.05, 0.1) is 12.9 Å². The van der Waals surface area contributed by atoms with Gasteiger partial charge in [0, 0.05) is 23.6 Å². The topological polar surface area (TPSA) is 84.4 Å². The molecule has 2 amide bonds. The SMILES string of the molecule is COc1ccc(NC(=O)[C@@H](c2ccc(F)cc2)N(Cc2ccccc2)C(=O)CSc2nc(C)cc(C)n2)cc1. The Hall–Kier alpha value is -4.24. The first-order chi connectivity index (χ1) is 18.8. The number of benzene rings is 3. The van der Waals surface area contributed by atoms with E-state index in [1.54, 1.807) is 31.4 Å². The van der Waals surface area contributed by atoms with Gasteiger partial charge in [-0.3, -0.25) is 9.59 Å². The maximum atomic E-state index is 13.8. The molecule has 7 nitrogen and oxygen atoms in total. The monoisotopic (exact) mass is 544 g/mol. The minimum Gasteiger partial charge on any atom is -0.497 e. The lowest BCUT2D eigenvalue weighted by molar-refractivity contribution is -0.137. The molecule has 9 heteroatoms. The first-order valence-corrected chi connectivity index (χ1v) is 13.3. The zero-order chi connectivity index (χ0) is 27.8. The van der Waals surface area contributed by atoms with E-state index in [1.807, 2.05) is 50.2 Å². The van der Waals surface area contributed by atoms with Gasteiger partial charge >= 0.3 is 0 Å². The van der Waals surface area contributed by atoms with E-state index in [0.29, 0.717) is 22.2 Å². The van der Waals surface area contributed by atoms with Crippen LogP contribution in [0.2, 0.25) is 0 Å². The Kier molecular flexibility index (Phi) is 9.27. The van der Waals surface area contributed by atoms with Crippen LogP contribution in [0, 0.1) is 19.7 Å². The molecule has 1 N–H and O–H groups in total. The number of hydrogen-bond acceptors (Lipinski definition) is 6. The van der Waals surface area contributed by atoms with E-state index >= 15 is 0 Å². The number of nitrogens with zero attached hydrogens (tertiary/aromatic N) is 3. The molecule has 39 heavy (non-hydrogen) atoms. The van der Waals surface area contributed by atoms with E-state index in [-0.39, 0.29) is 18.2 Å². The summed E-state index contributed by atoms with van der Waals surface area (Å²) < 4.78 is 19.0. The van der Waals surface area contributed by atoms with Gasteiger partial charge in [-0.2, -0.15) is 0 Å². The maximum absolute atomic E-state index is 13.8. The van der Waals surface area contributed by atoms with Crippen molar-refractivity contribution in [2.24, 2.45) is 0 Å². The molecular weight excluding hydrogens is 515 g/mol. The Labute approximate surface area is 231 Å². The van der Waals surface area contributed by atoms with Crippen LogP contribution < -0.4 is 10.1 Å². The van der Waals surface area contributed by atoms with Gasteiger partial charge in [0.2, 0.25) is 5.91 Å². The van der Waals surface area contributed by atoms with E-state index in [4.69, 9.17) is 4.74 Å². The predicted octanol–water partition coefficient (Wildman–Crippen LogP) is 5.74. The molecule has 1 atom stereocenters. The number of hydrogen-bond donors (Lipinski definition) is 1. The van der Waals surface area contributed by atoms with Crippen molar-refractivity contribution in [3.8, 4) is 5.75 Å². The normalized spacial score (nSPS) is 11.5. The van der Waals surface area contributed by atoms with E-state index in [1.165, 1.54) is 40.9 Å². The lowest BCUT2D eigenvalue weighted by atomic mass is 10.0. The molecule has 1 aromatic heterocycles. The molecular formula is C30H29FN4O3S. The molecule has 4 aromatic rings. The number of aromatic nitrogens is 2. The molecule has 1 heterocycles. The van der Waals surface area contributed by atoms with Crippen LogP contribution in [0.4, 0.5) is 10.1 Å². The molecule has 4 rings (SSSR count). The van der Waals surface area contributed by atoms with Crippen molar-refractivity contribution < 1.29 is 18.7 Å². The number of amides is 2. The summed E-state index contributed by atoms with van der Waals surface area (Å²) in [5, 5.41) is 3.39. The van der Waals surface area contributed by atoms with Gasteiger partial charge in [0.15, 0.2) is 5.16 Å². The Morgan fingerprint density at radius 3 is 2.21 bits per heavy atom. The van der Waals surface area contributed by atoms with Crippen LogP contribution in [0.25, 0.3) is 0 Å². The fraction of sp³-hybridized carbons (Fsp3) is 0.200. The van der Waals surface area contributed by atoms with Crippen molar-refractivity contribution in [2.45, 2.75) is 31.6 Å². The number of anilines is 1. The average molecular weight is 545 g/mol. The third-order valence-corrected chi connectivity index (χ3v) is 6.74. The van der Waals surface area contributed by atoms with Gasteiger partial charge in [-0.1, -0.05) is 54.2 Å². The highest BCUT2D eigenvalue weighted by Gasteiger charge is 2.32. The molecule has 0 saturated heterocycles. The quantitative estimate of drug-likeness (QED) is 0.202. The van der Waals surface area contributed by atoms with E-state index in [2.05, 4.69) is 15.3 Å². The number of nitrogens with one attached hydrogen (secondary N) is 1. The van der Waals surface area contributed by atoms with Gasteiger partial charge in [0.25, 0.3) is 5.91 Å². The lowest BCUT2D eigenvalue weighted by Gasteiger charge is -2.31. The Morgan fingerprint density at radius 2 is 1.59 bits per heavy atom. The molecule has 200 valence electrons. The fourth-order valence-electron chi connectivity index (χ4n) is 4.07. The molecule has 0 aliphatic rings. The second-order valence-electron chi connectivity index (χ2n) is 8.90. The smallest absolute Gasteiger partial charge is 0.251 e. The van der Waals surface area contributed by atoms with Crippen molar-refractivity contribution in [1.29, 1.82) is 0 Å². The first kappa shape index (κ1) is 27.8. The molecule has 3 aromatic carbocycles. The van der Waals surface area contributed by atoms with Crippen LogP contribution in [-0.4, -0.2) is 39.5 Å². The van der Waals surface area contributed by atoms with E-state index in [0.717, 1.165) is 17.0 Å². The van der Waals surface area contributed by atoms with Crippen LogP contribution in [0.15, 0.2) is 90.1 Å².